The van der Waals surface area contributed by atoms with Gasteiger partial charge in [0, 0.05) is 25.1 Å². The highest BCUT2D eigenvalue weighted by Crippen LogP contribution is 2.22. The average molecular weight is 258 g/mol. The molecular weight excluding hydrogens is 240 g/mol. The van der Waals surface area contributed by atoms with Gasteiger partial charge in [0.1, 0.15) is 0 Å². The maximum atomic E-state index is 5.22. The van der Waals surface area contributed by atoms with Crippen LogP contribution in [0.25, 0.3) is 0 Å². The van der Waals surface area contributed by atoms with E-state index in [1.54, 1.807) is 19.5 Å². The number of anilines is 1. The molecule has 0 aliphatic heterocycles. The minimum absolute atomic E-state index is 0.523. The maximum absolute atomic E-state index is 5.22. The van der Waals surface area contributed by atoms with Gasteiger partial charge in [0.15, 0.2) is 5.82 Å². The van der Waals surface area contributed by atoms with Crippen LogP contribution in [0.1, 0.15) is 17.0 Å². The third-order valence-electron chi connectivity index (χ3n) is 2.75. The molecule has 2 aromatic rings. The Balaban J connectivity index is 2.22. The molecule has 0 aromatic carbocycles. The van der Waals surface area contributed by atoms with Crippen LogP contribution in [0.2, 0.25) is 0 Å². The lowest BCUT2D eigenvalue weighted by Crippen LogP contribution is -2.20. The predicted octanol–water partition coefficient (Wildman–Crippen LogP) is 2.13. The van der Waals surface area contributed by atoms with Crippen LogP contribution in [0.3, 0.4) is 0 Å². The zero-order chi connectivity index (χ0) is 13.8. The Kier molecular flexibility index (Phi) is 3.94. The van der Waals surface area contributed by atoms with E-state index < -0.39 is 0 Å². The van der Waals surface area contributed by atoms with Gasteiger partial charge in [-0.05, 0) is 31.5 Å². The lowest BCUT2D eigenvalue weighted by Gasteiger charge is -2.19. The Labute approximate surface area is 113 Å². The average Bonchev–Trinajstić information content (AvgIpc) is 2.37. The summed E-state index contributed by atoms with van der Waals surface area (Å²) in [5.41, 5.74) is 3.24. The van der Waals surface area contributed by atoms with Gasteiger partial charge < -0.3 is 9.64 Å². The molecule has 2 aromatic heterocycles. The van der Waals surface area contributed by atoms with Gasteiger partial charge in [-0.15, -0.1) is 0 Å². The summed E-state index contributed by atoms with van der Waals surface area (Å²) < 4.78 is 5.22. The largest absolute Gasteiger partial charge is 0.478 e. The van der Waals surface area contributed by atoms with Crippen LogP contribution in [-0.4, -0.2) is 29.1 Å². The smallest absolute Gasteiger partial charge is 0.257 e. The number of rotatable bonds is 4. The van der Waals surface area contributed by atoms with Crippen molar-refractivity contribution in [2.75, 3.05) is 19.1 Å². The second-order valence-electron chi connectivity index (χ2n) is 4.52. The minimum Gasteiger partial charge on any atom is -0.478 e. The maximum Gasteiger partial charge on any atom is 0.257 e. The van der Waals surface area contributed by atoms with Crippen molar-refractivity contribution in [2.24, 2.45) is 0 Å². The molecule has 100 valence electrons. The van der Waals surface area contributed by atoms with Crippen molar-refractivity contribution in [2.45, 2.75) is 20.4 Å². The highest BCUT2D eigenvalue weighted by molar-refractivity contribution is 5.47. The molecule has 0 amide bonds. The van der Waals surface area contributed by atoms with Crippen molar-refractivity contribution in [1.29, 1.82) is 0 Å². The van der Waals surface area contributed by atoms with E-state index in [0.717, 1.165) is 11.4 Å². The van der Waals surface area contributed by atoms with E-state index in [2.05, 4.69) is 34.0 Å². The quantitative estimate of drug-likeness (QED) is 0.841. The molecule has 0 radical (unpaired) electrons. The molecule has 19 heavy (non-hydrogen) atoms. The molecule has 0 unspecified atom stereocenters. The summed E-state index contributed by atoms with van der Waals surface area (Å²) in [6.07, 6.45) is 3.27. The molecule has 0 spiro atoms. The van der Waals surface area contributed by atoms with Crippen LogP contribution >= 0.6 is 0 Å². The Morgan fingerprint density at radius 1 is 1.16 bits per heavy atom. The van der Waals surface area contributed by atoms with E-state index in [4.69, 9.17) is 4.74 Å². The monoisotopic (exact) mass is 258 g/mol. The number of ether oxygens (including phenoxy) is 1. The van der Waals surface area contributed by atoms with Crippen molar-refractivity contribution in [3.8, 4) is 5.88 Å². The van der Waals surface area contributed by atoms with Gasteiger partial charge >= 0.3 is 0 Å². The van der Waals surface area contributed by atoms with E-state index >= 15 is 0 Å². The minimum atomic E-state index is 0.523. The van der Waals surface area contributed by atoms with E-state index in [9.17, 15) is 0 Å². The zero-order valence-corrected chi connectivity index (χ0v) is 11.7. The van der Waals surface area contributed by atoms with Gasteiger partial charge in [-0.2, -0.15) is 0 Å². The van der Waals surface area contributed by atoms with Crippen LogP contribution in [-0.2, 0) is 6.54 Å². The van der Waals surface area contributed by atoms with Crippen LogP contribution < -0.4 is 9.64 Å². The number of aryl methyl sites for hydroxylation is 2. The Hall–Kier alpha value is -2.17. The number of aromatic nitrogens is 3. The molecule has 0 aliphatic carbocycles. The molecule has 0 saturated carbocycles. The van der Waals surface area contributed by atoms with Crippen molar-refractivity contribution < 1.29 is 4.74 Å². The van der Waals surface area contributed by atoms with Crippen LogP contribution in [0, 0.1) is 13.8 Å². The summed E-state index contributed by atoms with van der Waals surface area (Å²) in [7, 11) is 3.54. The van der Waals surface area contributed by atoms with E-state index in [0.29, 0.717) is 18.2 Å². The molecule has 0 bridgehead atoms. The van der Waals surface area contributed by atoms with Gasteiger partial charge in [0.05, 0.1) is 19.3 Å². The highest BCUT2D eigenvalue weighted by atomic mass is 16.5. The second-order valence-corrected chi connectivity index (χ2v) is 4.52. The Bertz CT molecular complexity index is 551. The van der Waals surface area contributed by atoms with Gasteiger partial charge in [0.2, 0.25) is 0 Å². The molecule has 2 rings (SSSR count). The van der Waals surface area contributed by atoms with Crippen molar-refractivity contribution in [1.82, 2.24) is 15.0 Å². The van der Waals surface area contributed by atoms with Crippen LogP contribution in [0.15, 0.2) is 24.5 Å². The fraction of sp³-hybridized carbons (Fsp3) is 0.357. The van der Waals surface area contributed by atoms with Gasteiger partial charge in [0.25, 0.3) is 5.88 Å². The lowest BCUT2D eigenvalue weighted by atomic mass is 10.2. The summed E-state index contributed by atoms with van der Waals surface area (Å²) in [6, 6.07) is 4.14. The standard InChI is InChI=1S/C14H18N4O/c1-10-7-11(2)17-12(8-10)9-18(3)13-14(19-4)16-6-5-15-13/h5-8H,9H2,1-4H3. The SMILES string of the molecule is COc1nccnc1N(C)Cc1cc(C)cc(C)n1. The highest BCUT2D eigenvalue weighted by Gasteiger charge is 2.11. The van der Waals surface area contributed by atoms with Crippen molar-refractivity contribution >= 4 is 5.82 Å². The fourth-order valence-corrected chi connectivity index (χ4v) is 2.05. The van der Waals surface area contributed by atoms with E-state index in [1.807, 2.05) is 18.9 Å². The summed E-state index contributed by atoms with van der Waals surface area (Å²) in [6.45, 7) is 4.73. The summed E-state index contributed by atoms with van der Waals surface area (Å²) in [4.78, 5) is 15.0. The van der Waals surface area contributed by atoms with E-state index in [1.165, 1.54) is 5.56 Å². The topological polar surface area (TPSA) is 51.1 Å². The molecule has 0 saturated heterocycles. The molecule has 0 aliphatic rings. The molecule has 5 heteroatoms. The molecule has 2 heterocycles. The molecular formula is C14H18N4O. The first-order chi connectivity index (χ1) is 9.10. The number of hydrogen-bond acceptors (Lipinski definition) is 5. The second kappa shape index (κ2) is 5.65. The first kappa shape index (κ1) is 13.3. The number of nitrogens with zero attached hydrogens (tertiary/aromatic N) is 4. The number of hydrogen-bond donors (Lipinski definition) is 0. The molecule has 0 atom stereocenters. The third kappa shape index (κ3) is 3.19. The molecule has 5 nitrogen and oxygen atoms in total. The van der Waals surface area contributed by atoms with Gasteiger partial charge in [-0.3, -0.25) is 4.98 Å². The van der Waals surface area contributed by atoms with Gasteiger partial charge in [-0.1, -0.05) is 0 Å². The lowest BCUT2D eigenvalue weighted by molar-refractivity contribution is 0.395. The summed E-state index contributed by atoms with van der Waals surface area (Å²) >= 11 is 0. The molecule has 0 N–H and O–H groups in total. The third-order valence-corrected chi connectivity index (χ3v) is 2.75. The Morgan fingerprint density at radius 3 is 2.58 bits per heavy atom. The summed E-state index contributed by atoms with van der Waals surface area (Å²) in [5, 5.41) is 0. The first-order valence-electron chi connectivity index (χ1n) is 6.10. The van der Waals surface area contributed by atoms with E-state index in [-0.39, 0.29) is 0 Å². The van der Waals surface area contributed by atoms with Crippen LogP contribution in [0.4, 0.5) is 5.82 Å². The van der Waals surface area contributed by atoms with Gasteiger partial charge in [-0.25, -0.2) is 9.97 Å². The summed E-state index contributed by atoms with van der Waals surface area (Å²) in [5.74, 6) is 1.24. The zero-order valence-electron chi connectivity index (χ0n) is 11.7. The predicted molar refractivity (Wildman–Crippen MR) is 74.4 cm³/mol. The first-order valence-corrected chi connectivity index (χ1v) is 6.10. The van der Waals surface area contributed by atoms with Crippen LogP contribution in [0.5, 0.6) is 5.88 Å². The molecule has 0 fully saturated rings. The van der Waals surface area contributed by atoms with Crippen molar-refractivity contribution in [3.05, 3.63) is 41.5 Å². The van der Waals surface area contributed by atoms with Crippen molar-refractivity contribution in [3.63, 3.8) is 0 Å². The fourth-order valence-electron chi connectivity index (χ4n) is 2.05. The number of methoxy groups -OCH3 is 1. The Morgan fingerprint density at radius 2 is 1.89 bits per heavy atom. The number of pyridine rings is 1. The normalized spacial score (nSPS) is 10.3.